The highest BCUT2D eigenvalue weighted by molar-refractivity contribution is 7.99. The van der Waals surface area contributed by atoms with Crippen molar-refractivity contribution in [2.24, 2.45) is 0 Å². The number of pyridine rings is 1. The van der Waals surface area contributed by atoms with Crippen molar-refractivity contribution in [3.8, 4) is 5.88 Å². The highest BCUT2D eigenvalue weighted by Crippen LogP contribution is 2.28. The van der Waals surface area contributed by atoms with Crippen molar-refractivity contribution in [2.45, 2.75) is 37.1 Å². The molecule has 96 valence electrons. The Balaban J connectivity index is 2.18. The van der Waals surface area contributed by atoms with Gasteiger partial charge in [-0.2, -0.15) is 0 Å². The van der Waals surface area contributed by atoms with Crippen LogP contribution in [0.5, 0.6) is 5.88 Å². The summed E-state index contributed by atoms with van der Waals surface area (Å²) in [6.45, 7) is 5.71. The van der Waals surface area contributed by atoms with Crippen LogP contribution in [0.25, 0.3) is 0 Å². The molecule has 0 unspecified atom stereocenters. The number of aromatic nitrogens is 4. The third-order valence-electron chi connectivity index (χ3n) is 1.98. The van der Waals surface area contributed by atoms with Gasteiger partial charge in [0.2, 0.25) is 11.0 Å². The molecular weight excluding hydrogens is 250 g/mol. The molecule has 0 radical (unpaired) electrons. The average molecular weight is 265 g/mol. The molecule has 0 fully saturated rings. The maximum absolute atomic E-state index is 5.80. The van der Waals surface area contributed by atoms with Crippen LogP contribution < -0.4 is 10.5 Å². The van der Waals surface area contributed by atoms with E-state index in [2.05, 4.69) is 20.2 Å². The summed E-state index contributed by atoms with van der Waals surface area (Å²) in [5.74, 6) is 1.22. The minimum absolute atomic E-state index is 0.0332. The quantitative estimate of drug-likeness (QED) is 0.879. The van der Waals surface area contributed by atoms with Crippen molar-refractivity contribution in [2.75, 3.05) is 5.73 Å². The van der Waals surface area contributed by atoms with Crippen LogP contribution in [0.2, 0.25) is 0 Å². The Labute approximate surface area is 109 Å². The highest BCUT2D eigenvalue weighted by atomic mass is 32.2. The molecule has 2 heterocycles. The predicted molar refractivity (Wildman–Crippen MR) is 69.7 cm³/mol. The molecule has 0 aliphatic heterocycles. The van der Waals surface area contributed by atoms with Gasteiger partial charge < -0.3 is 10.5 Å². The zero-order valence-corrected chi connectivity index (χ0v) is 11.3. The molecule has 2 aromatic rings. The molecule has 7 heteroatoms. The second kappa shape index (κ2) is 5.26. The zero-order chi connectivity index (χ0) is 13.1. The zero-order valence-electron chi connectivity index (χ0n) is 10.5. The minimum atomic E-state index is 0.0332. The van der Waals surface area contributed by atoms with Gasteiger partial charge in [0.1, 0.15) is 10.9 Å². The number of anilines is 1. The molecule has 2 rings (SSSR count). The number of hydrogen-bond donors (Lipinski definition) is 2. The standard InChI is InChI=1S/C11H15N5OS/c1-6(2)17-10-8(12)4-5-9(14-10)18-11-13-7(3)15-16-11/h4-6H,12H2,1-3H3,(H,13,15,16). The van der Waals surface area contributed by atoms with Crippen molar-refractivity contribution < 1.29 is 4.74 Å². The molecule has 3 N–H and O–H groups in total. The molecule has 0 amide bonds. The second-order valence-corrected chi connectivity index (χ2v) is 5.00. The number of aromatic amines is 1. The summed E-state index contributed by atoms with van der Waals surface area (Å²) in [7, 11) is 0. The summed E-state index contributed by atoms with van der Waals surface area (Å²) >= 11 is 1.36. The molecule has 0 atom stereocenters. The normalized spacial score (nSPS) is 10.9. The Morgan fingerprint density at radius 3 is 2.72 bits per heavy atom. The summed E-state index contributed by atoms with van der Waals surface area (Å²) in [4.78, 5) is 8.54. The summed E-state index contributed by atoms with van der Waals surface area (Å²) < 4.78 is 5.53. The molecule has 0 aliphatic carbocycles. The van der Waals surface area contributed by atoms with Gasteiger partial charge in [-0.05, 0) is 44.7 Å². The van der Waals surface area contributed by atoms with E-state index in [4.69, 9.17) is 10.5 Å². The third kappa shape index (κ3) is 3.13. The molecule has 0 bridgehead atoms. The molecule has 0 aliphatic rings. The van der Waals surface area contributed by atoms with E-state index >= 15 is 0 Å². The fourth-order valence-corrected chi connectivity index (χ4v) is 2.00. The van der Waals surface area contributed by atoms with Gasteiger partial charge in [-0.25, -0.2) is 9.97 Å². The number of H-pyrrole nitrogens is 1. The lowest BCUT2D eigenvalue weighted by Gasteiger charge is -2.11. The van der Waals surface area contributed by atoms with Crippen molar-refractivity contribution in [1.29, 1.82) is 0 Å². The van der Waals surface area contributed by atoms with Crippen LogP contribution in [0.3, 0.4) is 0 Å². The number of ether oxygens (including phenoxy) is 1. The first-order valence-corrected chi connectivity index (χ1v) is 6.36. The number of rotatable bonds is 4. The van der Waals surface area contributed by atoms with E-state index in [1.807, 2.05) is 26.8 Å². The average Bonchev–Trinajstić information content (AvgIpc) is 2.68. The van der Waals surface area contributed by atoms with Gasteiger partial charge in [-0.15, -0.1) is 5.10 Å². The van der Waals surface area contributed by atoms with Gasteiger partial charge >= 0.3 is 0 Å². The Kier molecular flexibility index (Phi) is 3.71. The monoisotopic (exact) mass is 265 g/mol. The number of nitrogen functional groups attached to an aromatic ring is 1. The largest absolute Gasteiger partial charge is 0.473 e. The first-order valence-electron chi connectivity index (χ1n) is 5.54. The Hall–Kier alpha value is -1.76. The van der Waals surface area contributed by atoms with Crippen molar-refractivity contribution >= 4 is 17.4 Å². The lowest BCUT2D eigenvalue weighted by atomic mass is 10.4. The van der Waals surface area contributed by atoms with Gasteiger partial charge in [-0.3, -0.25) is 5.10 Å². The number of nitrogens with two attached hydrogens (primary N) is 1. The Morgan fingerprint density at radius 2 is 2.11 bits per heavy atom. The summed E-state index contributed by atoms with van der Waals surface area (Å²) in [5.41, 5.74) is 6.33. The van der Waals surface area contributed by atoms with Gasteiger partial charge in [0, 0.05) is 0 Å². The van der Waals surface area contributed by atoms with Crippen LogP contribution >= 0.6 is 11.8 Å². The maximum Gasteiger partial charge on any atom is 0.238 e. The fraction of sp³-hybridized carbons (Fsp3) is 0.364. The molecule has 0 aromatic carbocycles. The smallest absolute Gasteiger partial charge is 0.238 e. The molecule has 6 nitrogen and oxygen atoms in total. The fourth-order valence-electron chi connectivity index (χ4n) is 1.27. The van der Waals surface area contributed by atoms with Crippen molar-refractivity contribution in [3.63, 3.8) is 0 Å². The maximum atomic E-state index is 5.80. The summed E-state index contributed by atoms with van der Waals surface area (Å²) in [6.07, 6.45) is 0.0332. The van der Waals surface area contributed by atoms with Gasteiger partial charge in [-0.1, -0.05) is 0 Å². The van der Waals surface area contributed by atoms with Gasteiger partial charge in [0.05, 0.1) is 11.8 Å². The van der Waals surface area contributed by atoms with E-state index < -0.39 is 0 Å². The first-order chi connectivity index (χ1) is 8.54. The lowest BCUT2D eigenvalue weighted by Crippen LogP contribution is -2.09. The van der Waals surface area contributed by atoms with E-state index in [1.165, 1.54) is 11.8 Å². The van der Waals surface area contributed by atoms with Gasteiger partial charge in [0.15, 0.2) is 0 Å². The number of hydrogen-bond acceptors (Lipinski definition) is 6. The predicted octanol–water partition coefficient (Wildman–Crippen LogP) is 2.03. The van der Waals surface area contributed by atoms with Crippen molar-refractivity contribution in [1.82, 2.24) is 20.2 Å². The van der Waals surface area contributed by atoms with E-state index in [0.29, 0.717) is 16.7 Å². The van der Waals surface area contributed by atoms with Crippen LogP contribution in [0.1, 0.15) is 19.7 Å². The summed E-state index contributed by atoms with van der Waals surface area (Å²) in [6, 6.07) is 3.59. The number of nitrogens with zero attached hydrogens (tertiary/aromatic N) is 3. The van der Waals surface area contributed by atoms with Gasteiger partial charge in [0.25, 0.3) is 0 Å². The SMILES string of the molecule is Cc1nc(Sc2ccc(N)c(OC(C)C)n2)n[nH]1. The second-order valence-electron chi connectivity index (χ2n) is 4.02. The van der Waals surface area contributed by atoms with E-state index in [-0.39, 0.29) is 6.10 Å². The third-order valence-corrected chi connectivity index (χ3v) is 2.79. The van der Waals surface area contributed by atoms with E-state index in [1.54, 1.807) is 6.07 Å². The molecule has 0 spiro atoms. The topological polar surface area (TPSA) is 89.7 Å². The highest BCUT2D eigenvalue weighted by Gasteiger charge is 2.09. The molecule has 2 aromatic heterocycles. The van der Waals surface area contributed by atoms with Crippen LogP contribution in [0, 0.1) is 6.92 Å². The number of aryl methyl sites for hydroxylation is 1. The summed E-state index contributed by atoms with van der Waals surface area (Å²) in [5, 5.41) is 8.19. The minimum Gasteiger partial charge on any atom is -0.473 e. The van der Waals surface area contributed by atoms with Crippen LogP contribution in [0.15, 0.2) is 22.3 Å². The van der Waals surface area contributed by atoms with Crippen LogP contribution in [-0.4, -0.2) is 26.3 Å². The molecule has 0 saturated carbocycles. The Morgan fingerprint density at radius 1 is 1.33 bits per heavy atom. The number of nitrogens with one attached hydrogen (secondary N) is 1. The van der Waals surface area contributed by atoms with Crippen LogP contribution in [-0.2, 0) is 0 Å². The Bertz CT molecular complexity index is 540. The molecule has 18 heavy (non-hydrogen) atoms. The molecule has 0 saturated heterocycles. The lowest BCUT2D eigenvalue weighted by molar-refractivity contribution is 0.232. The van der Waals surface area contributed by atoms with Crippen molar-refractivity contribution in [3.05, 3.63) is 18.0 Å². The first kappa shape index (κ1) is 12.7. The molecular formula is C11H15N5OS. The van der Waals surface area contributed by atoms with E-state index in [0.717, 1.165) is 10.9 Å². The van der Waals surface area contributed by atoms with E-state index in [9.17, 15) is 0 Å². The van der Waals surface area contributed by atoms with Crippen LogP contribution in [0.4, 0.5) is 5.69 Å².